The first-order valence-corrected chi connectivity index (χ1v) is 6.50. The maximum Gasteiger partial charge on any atom is 0.123 e. The van der Waals surface area contributed by atoms with E-state index < -0.39 is 5.54 Å². The van der Waals surface area contributed by atoms with Crippen LogP contribution in [0.4, 0.5) is 4.39 Å². The van der Waals surface area contributed by atoms with Crippen LogP contribution in [0.2, 0.25) is 0 Å². The summed E-state index contributed by atoms with van der Waals surface area (Å²) in [5.41, 5.74) is 10.7. The van der Waals surface area contributed by atoms with Gasteiger partial charge in [0.25, 0.3) is 0 Å². The van der Waals surface area contributed by atoms with Gasteiger partial charge in [-0.25, -0.2) is 4.39 Å². The summed E-state index contributed by atoms with van der Waals surface area (Å²) in [6.45, 7) is 6.19. The molecule has 0 fully saturated rings. The van der Waals surface area contributed by atoms with Crippen LogP contribution in [0.1, 0.15) is 29.2 Å². The molecule has 2 rings (SSSR count). The molecule has 0 saturated carbocycles. The van der Waals surface area contributed by atoms with E-state index >= 15 is 0 Å². The summed E-state index contributed by atoms with van der Waals surface area (Å²) >= 11 is 0. The molecule has 1 atom stereocenters. The number of rotatable bonds is 3. The van der Waals surface area contributed by atoms with Crippen LogP contribution in [0.3, 0.4) is 0 Å². The van der Waals surface area contributed by atoms with Crippen LogP contribution in [0.5, 0.6) is 0 Å². The van der Waals surface area contributed by atoms with Crippen molar-refractivity contribution in [1.29, 1.82) is 0 Å². The van der Waals surface area contributed by atoms with Gasteiger partial charge < -0.3 is 5.73 Å². The minimum atomic E-state index is -0.495. The van der Waals surface area contributed by atoms with Crippen LogP contribution in [0.15, 0.2) is 42.5 Å². The van der Waals surface area contributed by atoms with Crippen molar-refractivity contribution in [3.63, 3.8) is 0 Å². The number of nitrogens with two attached hydrogens (primary N) is 1. The molecule has 100 valence electrons. The van der Waals surface area contributed by atoms with Gasteiger partial charge in [0.15, 0.2) is 0 Å². The predicted octanol–water partition coefficient (Wildman–Crippen LogP) is 3.86. The van der Waals surface area contributed by atoms with Crippen molar-refractivity contribution in [2.75, 3.05) is 0 Å². The van der Waals surface area contributed by atoms with E-state index in [1.54, 1.807) is 12.1 Å². The molecule has 0 bridgehead atoms. The maximum atomic E-state index is 13.0. The highest BCUT2D eigenvalue weighted by Crippen LogP contribution is 2.26. The Morgan fingerprint density at radius 1 is 1.00 bits per heavy atom. The second-order valence-electron chi connectivity index (χ2n) is 5.47. The molecule has 0 amide bonds. The van der Waals surface area contributed by atoms with E-state index in [1.807, 2.05) is 6.92 Å². The Labute approximate surface area is 114 Å². The van der Waals surface area contributed by atoms with E-state index in [1.165, 1.54) is 28.8 Å². The van der Waals surface area contributed by atoms with Crippen LogP contribution in [-0.2, 0) is 12.0 Å². The summed E-state index contributed by atoms with van der Waals surface area (Å²) in [6, 6.07) is 12.7. The van der Waals surface area contributed by atoms with E-state index in [9.17, 15) is 4.39 Å². The lowest BCUT2D eigenvalue weighted by Gasteiger charge is -2.27. The molecular formula is C17H20FN. The highest BCUT2D eigenvalue weighted by atomic mass is 19.1. The first kappa shape index (κ1) is 13.8. The van der Waals surface area contributed by atoms with Crippen LogP contribution in [0.25, 0.3) is 0 Å². The quantitative estimate of drug-likeness (QED) is 0.887. The monoisotopic (exact) mass is 257 g/mol. The van der Waals surface area contributed by atoms with E-state index in [-0.39, 0.29) is 5.82 Å². The molecule has 0 radical (unpaired) electrons. The summed E-state index contributed by atoms with van der Waals surface area (Å²) < 4.78 is 13.0. The van der Waals surface area contributed by atoms with Gasteiger partial charge in [0.05, 0.1) is 0 Å². The Hall–Kier alpha value is -1.67. The van der Waals surface area contributed by atoms with Gasteiger partial charge >= 0.3 is 0 Å². The van der Waals surface area contributed by atoms with E-state index in [0.717, 1.165) is 12.0 Å². The molecule has 2 aromatic carbocycles. The van der Waals surface area contributed by atoms with Crippen molar-refractivity contribution in [2.45, 2.75) is 32.7 Å². The molecule has 0 aliphatic heterocycles. The minimum absolute atomic E-state index is 0.230. The van der Waals surface area contributed by atoms with Crippen molar-refractivity contribution in [3.05, 3.63) is 70.5 Å². The summed E-state index contributed by atoms with van der Waals surface area (Å²) in [6.07, 6.45) is 0.747. The van der Waals surface area contributed by atoms with Gasteiger partial charge in [0, 0.05) is 5.54 Å². The fourth-order valence-corrected chi connectivity index (χ4v) is 2.43. The van der Waals surface area contributed by atoms with Crippen LogP contribution >= 0.6 is 0 Å². The minimum Gasteiger partial charge on any atom is -0.321 e. The predicted molar refractivity (Wildman–Crippen MR) is 77.6 cm³/mol. The fraction of sp³-hybridized carbons (Fsp3) is 0.294. The number of aryl methyl sites for hydroxylation is 2. The maximum absolute atomic E-state index is 13.0. The smallest absolute Gasteiger partial charge is 0.123 e. The second kappa shape index (κ2) is 5.14. The molecule has 2 N–H and O–H groups in total. The molecule has 19 heavy (non-hydrogen) atoms. The van der Waals surface area contributed by atoms with Crippen LogP contribution in [0, 0.1) is 19.7 Å². The fourth-order valence-electron chi connectivity index (χ4n) is 2.43. The Morgan fingerprint density at radius 2 is 1.53 bits per heavy atom. The molecule has 1 nitrogen and oxygen atoms in total. The standard InChI is InChI=1S/C17H20FN/c1-12-5-4-6-13(2)16(12)11-17(3,19)14-7-9-15(18)10-8-14/h4-10H,11,19H2,1-3H3. The van der Waals surface area contributed by atoms with Crippen molar-refractivity contribution < 1.29 is 4.39 Å². The van der Waals surface area contributed by atoms with Gasteiger partial charge in [-0.2, -0.15) is 0 Å². The van der Waals surface area contributed by atoms with E-state index in [2.05, 4.69) is 32.0 Å². The summed E-state index contributed by atoms with van der Waals surface area (Å²) in [4.78, 5) is 0. The first-order chi connectivity index (χ1) is 8.90. The second-order valence-corrected chi connectivity index (χ2v) is 5.47. The zero-order valence-electron chi connectivity index (χ0n) is 11.7. The molecule has 0 heterocycles. The molecule has 2 heteroatoms. The molecule has 0 aliphatic carbocycles. The third kappa shape index (κ3) is 3.02. The van der Waals surface area contributed by atoms with Crippen LogP contribution in [-0.4, -0.2) is 0 Å². The Bertz CT molecular complexity index is 550. The number of hydrogen-bond donors (Lipinski definition) is 1. The van der Waals surface area contributed by atoms with Gasteiger partial charge in [-0.05, 0) is 61.6 Å². The lowest BCUT2D eigenvalue weighted by atomic mass is 9.84. The Morgan fingerprint density at radius 3 is 2.05 bits per heavy atom. The topological polar surface area (TPSA) is 26.0 Å². The normalized spacial score (nSPS) is 14.2. The van der Waals surface area contributed by atoms with Crippen molar-refractivity contribution in [2.24, 2.45) is 5.73 Å². The van der Waals surface area contributed by atoms with Crippen LogP contribution < -0.4 is 5.73 Å². The third-order valence-corrected chi connectivity index (χ3v) is 3.69. The average Bonchev–Trinajstić information content (AvgIpc) is 2.35. The Kier molecular flexibility index (Phi) is 3.72. The van der Waals surface area contributed by atoms with Gasteiger partial charge in [0.1, 0.15) is 5.82 Å². The van der Waals surface area contributed by atoms with Gasteiger partial charge in [-0.1, -0.05) is 30.3 Å². The lowest BCUT2D eigenvalue weighted by molar-refractivity contribution is 0.487. The number of benzene rings is 2. The van der Waals surface area contributed by atoms with E-state index in [0.29, 0.717) is 0 Å². The number of hydrogen-bond acceptors (Lipinski definition) is 1. The lowest BCUT2D eigenvalue weighted by Crippen LogP contribution is -2.36. The third-order valence-electron chi connectivity index (χ3n) is 3.69. The average molecular weight is 257 g/mol. The highest BCUT2D eigenvalue weighted by Gasteiger charge is 2.23. The zero-order chi connectivity index (χ0) is 14.0. The SMILES string of the molecule is Cc1cccc(C)c1CC(C)(N)c1ccc(F)cc1. The zero-order valence-corrected chi connectivity index (χ0v) is 11.7. The molecule has 0 spiro atoms. The largest absolute Gasteiger partial charge is 0.321 e. The highest BCUT2D eigenvalue weighted by molar-refractivity contribution is 5.37. The molecule has 0 aliphatic rings. The van der Waals surface area contributed by atoms with E-state index in [4.69, 9.17) is 5.73 Å². The Balaban J connectivity index is 2.33. The molecule has 0 aromatic heterocycles. The molecular weight excluding hydrogens is 237 g/mol. The first-order valence-electron chi connectivity index (χ1n) is 6.50. The van der Waals surface area contributed by atoms with Crippen molar-refractivity contribution in [3.8, 4) is 0 Å². The molecule has 2 aromatic rings. The summed E-state index contributed by atoms with van der Waals surface area (Å²) in [7, 11) is 0. The van der Waals surface area contributed by atoms with Crippen molar-refractivity contribution >= 4 is 0 Å². The molecule has 0 saturated heterocycles. The van der Waals surface area contributed by atoms with Gasteiger partial charge in [-0.15, -0.1) is 0 Å². The number of halogens is 1. The van der Waals surface area contributed by atoms with Crippen molar-refractivity contribution in [1.82, 2.24) is 0 Å². The van der Waals surface area contributed by atoms with Gasteiger partial charge in [-0.3, -0.25) is 0 Å². The summed E-state index contributed by atoms with van der Waals surface area (Å²) in [5.74, 6) is -0.230. The molecule has 1 unspecified atom stereocenters. The summed E-state index contributed by atoms with van der Waals surface area (Å²) in [5, 5.41) is 0. The van der Waals surface area contributed by atoms with Gasteiger partial charge in [0.2, 0.25) is 0 Å².